The molecule has 0 saturated heterocycles. The van der Waals surface area contributed by atoms with Gasteiger partial charge in [0.15, 0.2) is 0 Å². The molecule has 1 aliphatic rings. The molecule has 0 bridgehead atoms. The van der Waals surface area contributed by atoms with E-state index in [-0.39, 0.29) is 12.8 Å². The Labute approximate surface area is 99.3 Å². The maximum Gasteiger partial charge on any atom is 0.407 e. The van der Waals surface area contributed by atoms with E-state index in [1.165, 1.54) is 0 Å². The van der Waals surface area contributed by atoms with Crippen molar-refractivity contribution in [3.05, 3.63) is 0 Å². The molecule has 1 aliphatic carbocycles. The third-order valence-corrected chi connectivity index (χ3v) is 2.54. The average molecular weight is 247 g/mol. The Morgan fingerprint density at radius 2 is 1.94 bits per heavy atom. The first-order valence-electron chi connectivity index (χ1n) is 5.55. The first kappa shape index (κ1) is 13.7. The number of alkyl carbamates (subject to hydrolysis) is 1. The van der Waals surface area contributed by atoms with E-state index in [9.17, 15) is 14.0 Å². The third kappa shape index (κ3) is 4.20. The average Bonchev–Trinajstić information content (AvgIpc) is 2.44. The number of amides is 1. The lowest BCUT2D eigenvalue weighted by atomic mass is 10.1. The highest BCUT2D eigenvalue weighted by molar-refractivity contribution is 5.72. The molecule has 98 valence electrons. The van der Waals surface area contributed by atoms with Gasteiger partial charge in [0.25, 0.3) is 0 Å². The summed E-state index contributed by atoms with van der Waals surface area (Å²) in [5.74, 6) is -1.76. The van der Waals surface area contributed by atoms with Crippen molar-refractivity contribution < 1.29 is 23.8 Å². The standard InChI is InChI=1S/C11H18FNO4/c1-11(2,3)17-10(16)13-8-5-6(9(14)15)4-7(8)12/h6-8H,4-5H2,1-3H3,(H,13,16)(H,14,15). The summed E-state index contributed by atoms with van der Waals surface area (Å²) >= 11 is 0. The molecule has 17 heavy (non-hydrogen) atoms. The maximum atomic E-state index is 13.5. The molecule has 0 aromatic carbocycles. The summed E-state index contributed by atoms with van der Waals surface area (Å²) in [7, 11) is 0. The second kappa shape index (κ2) is 4.89. The fourth-order valence-corrected chi connectivity index (χ4v) is 1.80. The topological polar surface area (TPSA) is 75.6 Å². The van der Waals surface area contributed by atoms with E-state index in [1.807, 2.05) is 0 Å². The molecule has 3 atom stereocenters. The minimum absolute atomic E-state index is 0.0597. The smallest absolute Gasteiger partial charge is 0.407 e. The Morgan fingerprint density at radius 1 is 1.35 bits per heavy atom. The van der Waals surface area contributed by atoms with Crippen LogP contribution in [-0.4, -0.2) is 35.0 Å². The van der Waals surface area contributed by atoms with Gasteiger partial charge in [-0.3, -0.25) is 4.79 Å². The van der Waals surface area contributed by atoms with E-state index in [1.54, 1.807) is 20.8 Å². The highest BCUT2D eigenvalue weighted by Crippen LogP contribution is 2.28. The van der Waals surface area contributed by atoms with Crippen LogP contribution in [0, 0.1) is 5.92 Å². The molecule has 5 nitrogen and oxygen atoms in total. The van der Waals surface area contributed by atoms with Gasteiger partial charge in [0.05, 0.1) is 12.0 Å². The molecule has 0 heterocycles. The summed E-state index contributed by atoms with van der Waals surface area (Å²) in [6.07, 6.45) is -1.99. The van der Waals surface area contributed by atoms with Crippen molar-refractivity contribution in [1.29, 1.82) is 0 Å². The number of hydrogen-bond acceptors (Lipinski definition) is 3. The Hall–Kier alpha value is -1.33. The second-order valence-electron chi connectivity index (χ2n) is 5.28. The molecule has 0 spiro atoms. The molecule has 0 radical (unpaired) electrons. The molecule has 0 aromatic heterocycles. The van der Waals surface area contributed by atoms with E-state index < -0.39 is 35.8 Å². The predicted octanol–water partition coefficient (Wildman–Crippen LogP) is 1.71. The van der Waals surface area contributed by atoms with Gasteiger partial charge in [-0.1, -0.05) is 0 Å². The minimum atomic E-state index is -1.33. The fraction of sp³-hybridized carbons (Fsp3) is 0.818. The van der Waals surface area contributed by atoms with Gasteiger partial charge in [-0.15, -0.1) is 0 Å². The summed E-state index contributed by atoms with van der Waals surface area (Å²) in [6.45, 7) is 5.11. The summed E-state index contributed by atoms with van der Waals surface area (Å²) in [5.41, 5.74) is -0.652. The normalized spacial score (nSPS) is 28.8. The zero-order valence-corrected chi connectivity index (χ0v) is 10.2. The van der Waals surface area contributed by atoms with Gasteiger partial charge in [0.1, 0.15) is 11.8 Å². The molecule has 3 unspecified atom stereocenters. The van der Waals surface area contributed by atoms with Crippen molar-refractivity contribution >= 4 is 12.1 Å². The van der Waals surface area contributed by atoms with Crippen LogP contribution in [0.4, 0.5) is 9.18 Å². The van der Waals surface area contributed by atoms with Crippen molar-refractivity contribution in [2.24, 2.45) is 5.92 Å². The van der Waals surface area contributed by atoms with Crippen LogP contribution in [0.1, 0.15) is 33.6 Å². The largest absolute Gasteiger partial charge is 0.481 e. The lowest BCUT2D eigenvalue weighted by molar-refractivity contribution is -0.141. The van der Waals surface area contributed by atoms with E-state index in [2.05, 4.69) is 5.32 Å². The summed E-state index contributed by atoms with van der Waals surface area (Å²) in [4.78, 5) is 22.1. The molecule has 6 heteroatoms. The Morgan fingerprint density at radius 3 is 2.35 bits per heavy atom. The number of ether oxygens (including phenoxy) is 1. The van der Waals surface area contributed by atoms with Crippen LogP contribution in [0.15, 0.2) is 0 Å². The number of carbonyl (C=O) groups excluding carboxylic acids is 1. The van der Waals surface area contributed by atoms with E-state index in [0.29, 0.717) is 0 Å². The van der Waals surface area contributed by atoms with Crippen LogP contribution < -0.4 is 5.32 Å². The van der Waals surface area contributed by atoms with Gasteiger partial charge in [-0.2, -0.15) is 0 Å². The van der Waals surface area contributed by atoms with Crippen molar-refractivity contribution in [3.63, 3.8) is 0 Å². The minimum Gasteiger partial charge on any atom is -0.481 e. The second-order valence-corrected chi connectivity index (χ2v) is 5.28. The number of rotatable bonds is 2. The lowest BCUT2D eigenvalue weighted by Gasteiger charge is -2.22. The van der Waals surface area contributed by atoms with E-state index >= 15 is 0 Å². The van der Waals surface area contributed by atoms with Gasteiger partial charge in [0.2, 0.25) is 0 Å². The van der Waals surface area contributed by atoms with Crippen molar-refractivity contribution in [1.82, 2.24) is 5.32 Å². The molecule has 1 rings (SSSR count). The summed E-state index contributed by atoms with van der Waals surface area (Å²) in [6, 6.07) is -0.772. The third-order valence-electron chi connectivity index (χ3n) is 2.54. The molecular weight excluding hydrogens is 229 g/mol. The molecule has 2 N–H and O–H groups in total. The number of carboxylic acids is 1. The molecule has 1 saturated carbocycles. The van der Waals surface area contributed by atoms with Crippen LogP contribution in [0.25, 0.3) is 0 Å². The fourth-order valence-electron chi connectivity index (χ4n) is 1.80. The molecule has 1 fully saturated rings. The van der Waals surface area contributed by atoms with Gasteiger partial charge in [-0.25, -0.2) is 9.18 Å². The Balaban J connectivity index is 2.47. The zero-order valence-electron chi connectivity index (χ0n) is 10.2. The number of alkyl halides is 1. The first-order valence-corrected chi connectivity index (χ1v) is 5.55. The summed E-state index contributed by atoms with van der Waals surface area (Å²) < 4.78 is 18.4. The van der Waals surface area contributed by atoms with Crippen molar-refractivity contribution in [2.75, 3.05) is 0 Å². The van der Waals surface area contributed by atoms with Gasteiger partial charge in [0, 0.05) is 0 Å². The highest BCUT2D eigenvalue weighted by atomic mass is 19.1. The van der Waals surface area contributed by atoms with Gasteiger partial charge in [-0.05, 0) is 33.6 Å². The Kier molecular flexibility index (Phi) is 3.95. The Bertz CT molecular complexity index is 313. The molecule has 1 amide bonds. The van der Waals surface area contributed by atoms with Crippen LogP contribution in [0.3, 0.4) is 0 Å². The molecular formula is C11H18FNO4. The number of aliphatic carboxylic acids is 1. The zero-order chi connectivity index (χ0) is 13.2. The SMILES string of the molecule is CC(C)(C)OC(=O)NC1CC(C(=O)O)CC1F. The monoisotopic (exact) mass is 247 g/mol. The summed E-state index contributed by atoms with van der Waals surface area (Å²) in [5, 5.41) is 11.1. The van der Waals surface area contributed by atoms with Crippen molar-refractivity contribution in [3.8, 4) is 0 Å². The van der Waals surface area contributed by atoms with Crippen molar-refractivity contribution in [2.45, 2.75) is 51.4 Å². The van der Waals surface area contributed by atoms with E-state index in [0.717, 1.165) is 0 Å². The molecule has 0 aliphatic heterocycles. The number of carbonyl (C=O) groups is 2. The van der Waals surface area contributed by atoms with Crippen LogP contribution >= 0.6 is 0 Å². The molecule has 0 aromatic rings. The van der Waals surface area contributed by atoms with Gasteiger partial charge >= 0.3 is 12.1 Å². The van der Waals surface area contributed by atoms with E-state index in [4.69, 9.17) is 9.84 Å². The van der Waals surface area contributed by atoms with Crippen LogP contribution in [0.2, 0.25) is 0 Å². The highest BCUT2D eigenvalue weighted by Gasteiger charge is 2.39. The lowest BCUT2D eigenvalue weighted by Crippen LogP contribution is -2.41. The predicted molar refractivity (Wildman–Crippen MR) is 58.4 cm³/mol. The first-order chi connectivity index (χ1) is 7.69. The van der Waals surface area contributed by atoms with Gasteiger partial charge < -0.3 is 15.2 Å². The number of halogens is 1. The maximum absolute atomic E-state index is 13.5. The number of carboxylic acid groups (broad SMARTS) is 1. The number of hydrogen-bond donors (Lipinski definition) is 2. The quantitative estimate of drug-likeness (QED) is 0.779. The van der Waals surface area contributed by atoms with Crippen LogP contribution in [0.5, 0.6) is 0 Å². The number of nitrogens with one attached hydrogen (secondary N) is 1. The van der Waals surface area contributed by atoms with Crippen LogP contribution in [-0.2, 0) is 9.53 Å².